The van der Waals surface area contributed by atoms with Gasteiger partial charge in [-0.25, -0.2) is 0 Å². The molecule has 13 heavy (non-hydrogen) atoms. The Morgan fingerprint density at radius 2 is 0.846 bits per heavy atom. The van der Waals surface area contributed by atoms with Gasteiger partial charge in [0.2, 0.25) is 0 Å². The summed E-state index contributed by atoms with van der Waals surface area (Å²) in [5.41, 5.74) is 0. The number of rotatable bonds is 0. The van der Waals surface area contributed by atoms with Crippen molar-refractivity contribution in [3.63, 3.8) is 0 Å². The van der Waals surface area contributed by atoms with Crippen molar-refractivity contribution < 1.29 is 16.5 Å². The van der Waals surface area contributed by atoms with Crippen LogP contribution in [0, 0.1) is 11.8 Å². The van der Waals surface area contributed by atoms with Crippen LogP contribution in [0.5, 0.6) is 0 Å². The minimum atomic E-state index is 0. The minimum Gasteiger partial charge on any atom is -0.0625 e. The van der Waals surface area contributed by atoms with Crippen LogP contribution in [-0.4, -0.2) is 0 Å². The Kier molecular flexibility index (Phi) is 8.16. The summed E-state index contributed by atoms with van der Waals surface area (Å²) >= 11 is 0. The van der Waals surface area contributed by atoms with E-state index >= 15 is 0 Å². The predicted octanol–water partition coefficient (Wildman–Crippen LogP) is 4.39. The second-order valence-corrected chi connectivity index (χ2v) is 4.78. The Hall–Kier alpha value is 0.494. The van der Waals surface area contributed by atoms with E-state index in [1.807, 2.05) is 0 Å². The summed E-state index contributed by atoms with van der Waals surface area (Å²) < 4.78 is 0. The zero-order valence-electron chi connectivity index (χ0n) is 9.13. The minimum absolute atomic E-state index is 0. The summed E-state index contributed by atoms with van der Waals surface area (Å²) in [4.78, 5) is 0. The van der Waals surface area contributed by atoms with E-state index in [1.165, 1.54) is 51.4 Å². The van der Waals surface area contributed by atoms with Crippen LogP contribution in [0.4, 0.5) is 0 Å². The fourth-order valence-electron chi connectivity index (χ4n) is 2.26. The van der Waals surface area contributed by atoms with Gasteiger partial charge in [0.05, 0.1) is 0 Å². The van der Waals surface area contributed by atoms with Crippen LogP contribution < -0.4 is 0 Å². The molecule has 0 saturated heterocycles. The Labute approximate surface area is 93.8 Å². The third-order valence-electron chi connectivity index (χ3n) is 3.29. The smallest absolute Gasteiger partial charge is 0 e. The van der Waals surface area contributed by atoms with E-state index < -0.39 is 0 Å². The Morgan fingerprint density at radius 3 is 0.923 bits per heavy atom. The number of hydrogen-bond donors (Lipinski definition) is 0. The number of hydrogen-bond acceptors (Lipinski definition) is 0. The molecule has 0 radical (unpaired) electrons. The van der Waals surface area contributed by atoms with E-state index in [9.17, 15) is 0 Å². The van der Waals surface area contributed by atoms with Gasteiger partial charge in [-0.05, 0) is 11.8 Å². The molecule has 82 valence electrons. The van der Waals surface area contributed by atoms with Crippen molar-refractivity contribution >= 4 is 0 Å². The van der Waals surface area contributed by atoms with Gasteiger partial charge in [0.15, 0.2) is 0 Å². The van der Waals surface area contributed by atoms with Crippen LogP contribution in [-0.2, 0) is 16.5 Å². The Balaban J connectivity index is 0.000000206. The average molecular weight is 227 g/mol. The van der Waals surface area contributed by atoms with Crippen LogP contribution in [0.25, 0.3) is 0 Å². The first-order valence-electron chi connectivity index (χ1n) is 5.79. The summed E-state index contributed by atoms with van der Waals surface area (Å²) in [6.07, 6.45) is 11.9. The van der Waals surface area contributed by atoms with E-state index in [2.05, 4.69) is 13.8 Å². The summed E-state index contributed by atoms with van der Waals surface area (Å²) in [6, 6.07) is 0. The van der Waals surface area contributed by atoms with Gasteiger partial charge < -0.3 is 0 Å². The molecular formula is C12H24Ni. The van der Waals surface area contributed by atoms with Gasteiger partial charge in [0.25, 0.3) is 0 Å². The van der Waals surface area contributed by atoms with Gasteiger partial charge >= 0.3 is 0 Å². The second kappa shape index (κ2) is 7.86. The second-order valence-electron chi connectivity index (χ2n) is 4.78. The van der Waals surface area contributed by atoms with Gasteiger partial charge in [-0.15, -0.1) is 0 Å². The van der Waals surface area contributed by atoms with Gasteiger partial charge in [-0.3, -0.25) is 0 Å². The van der Waals surface area contributed by atoms with E-state index in [-0.39, 0.29) is 16.5 Å². The summed E-state index contributed by atoms with van der Waals surface area (Å²) in [5.74, 6) is 2.09. The van der Waals surface area contributed by atoms with E-state index in [1.54, 1.807) is 0 Å². The maximum absolute atomic E-state index is 2.34. The van der Waals surface area contributed by atoms with Crippen LogP contribution >= 0.6 is 0 Å². The molecule has 2 saturated carbocycles. The first kappa shape index (κ1) is 13.5. The average Bonchev–Trinajstić information content (AvgIpc) is 2.63. The molecule has 2 aliphatic carbocycles. The quantitative estimate of drug-likeness (QED) is 0.538. The standard InChI is InChI=1S/2C6H12.Ni/c2*1-6-4-2-3-5-6;/h2*6H,2-5H2,1H3;. The van der Waals surface area contributed by atoms with Crippen molar-refractivity contribution in [1.29, 1.82) is 0 Å². The van der Waals surface area contributed by atoms with Gasteiger partial charge in [0, 0.05) is 16.5 Å². The molecule has 0 heterocycles. The third-order valence-corrected chi connectivity index (χ3v) is 3.29. The van der Waals surface area contributed by atoms with Crippen LogP contribution in [0.15, 0.2) is 0 Å². The zero-order chi connectivity index (χ0) is 8.81. The molecule has 0 nitrogen and oxygen atoms in total. The van der Waals surface area contributed by atoms with Crippen molar-refractivity contribution in [2.45, 2.75) is 65.2 Å². The Morgan fingerprint density at radius 1 is 0.615 bits per heavy atom. The van der Waals surface area contributed by atoms with E-state index in [0.29, 0.717) is 0 Å². The van der Waals surface area contributed by atoms with Crippen LogP contribution in [0.3, 0.4) is 0 Å². The fourth-order valence-corrected chi connectivity index (χ4v) is 2.26. The van der Waals surface area contributed by atoms with Crippen molar-refractivity contribution in [2.24, 2.45) is 11.8 Å². The molecule has 2 fully saturated rings. The molecule has 0 aliphatic heterocycles. The largest absolute Gasteiger partial charge is 0.0625 e. The molecule has 1 heteroatoms. The molecule has 0 amide bonds. The van der Waals surface area contributed by atoms with Crippen LogP contribution in [0.1, 0.15) is 65.2 Å². The molecule has 2 aliphatic rings. The predicted molar refractivity (Wildman–Crippen MR) is 55.3 cm³/mol. The normalized spacial score (nSPS) is 23.5. The zero-order valence-corrected chi connectivity index (χ0v) is 10.1. The maximum atomic E-state index is 2.34. The third kappa shape index (κ3) is 6.55. The van der Waals surface area contributed by atoms with Crippen molar-refractivity contribution in [1.82, 2.24) is 0 Å². The molecule has 0 spiro atoms. The molecule has 0 unspecified atom stereocenters. The van der Waals surface area contributed by atoms with Gasteiger partial charge in [-0.1, -0.05) is 65.2 Å². The summed E-state index contributed by atoms with van der Waals surface area (Å²) in [7, 11) is 0. The summed E-state index contributed by atoms with van der Waals surface area (Å²) in [5, 5.41) is 0. The molecular weight excluding hydrogens is 203 g/mol. The first-order chi connectivity index (χ1) is 5.79. The molecule has 0 bridgehead atoms. The van der Waals surface area contributed by atoms with Gasteiger partial charge in [0.1, 0.15) is 0 Å². The van der Waals surface area contributed by atoms with Crippen LogP contribution in [0.2, 0.25) is 0 Å². The maximum Gasteiger partial charge on any atom is 0 e. The molecule has 2 rings (SSSR count). The van der Waals surface area contributed by atoms with E-state index in [0.717, 1.165) is 11.8 Å². The first-order valence-corrected chi connectivity index (χ1v) is 5.79. The molecule has 0 N–H and O–H groups in total. The molecule has 0 aromatic heterocycles. The fraction of sp³-hybridized carbons (Fsp3) is 1.00. The van der Waals surface area contributed by atoms with E-state index in [4.69, 9.17) is 0 Å². The Bertz CT molecular complexity index is 85.7. The summed E-state index contributed by atoms with van der Waals surface area (Å²) in [6.45, 7) is 4.68. The molecule has 0 aromatic carbocycles. The van der Waals surface area contributed by atoms with Crippen molar-refractivity contribution in [3.05, 3.63) is 0 Å². The van der Waals surface area contributed by atoms with Crippen molar-refractivity contribution in [3.8, 4) is 0 Å². The molecule has 0 aromatic rings. The van der Waals surface area contributed by atoms with Gasteiger partial charge in [-0.2, -0.15) is 0 Å². The SMILES string of the molecule is CC1CCCC1.CC1CCCC1.[Ni]. The topological polar surface area (TPSA) is 0 Å². The van der Waals surface area contributed by atoms with Crippen molar-refractivity contribution in [2.75, 3.05) is 0 Å². The molecule has 0 atom stereocenters. The monoisotopic (exact) mass is 226 g/mol.